The zero-order chi connectivity index (χ0) is 39.1. The van der Waals surface area contributed by atoms with E-state index in [0.717, 1.165) is 87.2 Å². The molecule has 0 saturated carbocycles. The maximum atomic E-state index is 4.99. The minimum Gasteiger partial charge on any atom is -0.253 e. The van der Waals surface area contributed by atoms with E-state index in [2.05, 4.69) is 127 Å². The third-order valence-electron chi connectivity index (χ3n) is 10.7. The first kappa shape index (κ1) is 34.5. The second kappa shape index (κ2) is 14.6. The molecule has 0 aliphatic rings. The Morgan fingerprint density at radius 2 is 0.729 bits per heavy atom. The molecule has 0 bridgehead atoms. The van der Waals surface area contributed by atoms with Crippen molar-refractivity contribution in [3.63, 3.8) is 0 Å². The van der Waals surface area contributed by atoms with Crippen LogP contribution in [-0.4, -0.2) is 29.9 Å². The Labute approximate surface area is 344 Å². The molecule has 11 rings (SSSR count). The van der Waals surface area contributed by atoms with Crippen molar-refractivity contribution in [3.8, 4) is 78.7 Å². The quantitative estimate of drug-likeness (QED) is 0.161. The molecule has 0 aliphatic carbocycles. The molecule has 7 aromatic carbocycles. The Balaban J connectivity index is 0.878. The second-order valence-electron chi connectivity index (χ2n) is 14.4. The first-order valence-corrected chi connectivity index (χ1v) is 20.2. The van der Waals surface area contributed by atoms with E-state index in [-0.39, 0.29) is 0 Å². The molecule has 0 saturated heterocycles. The fourth-order valence-electron chi connectivity index (χ4n) is 7.58. The number of hydrogen-bond acceptors (Lipinski definition) is 7. The maximum absolute atomic E-state index is 4.99. The van der Waals surface area contributed by atoms with Gasteiger partial charge in [-0.2, -0.15) is 0 Å². The van der Waals surface area contributed by atoms with E-state index < -0.39 is 0 Å². The van der Waals surface area contributed by atoms with Gasteiger partial charge in [-0.15, -0.1) is 11.3 Å². The summed E-state index contributed by atoms with van der Waals surface area (Å²) in [6, 6.07) is 64.9. The van der Waals surface area contributed by atoms with Crippen LogP contribution in [-0.2, 0) is 0 Å². The molecule has 0 atom stereocenters. The van der Waals surface area contributed by atoms with Crippen molar-refractivity contribution >= 4 is 42.9 Å². The number of pyridine rings is 1. The lowest BCUT2D eigenvalue weighted by Gasteiger charge is -2.10. The Kier molecular flexibility index (Phi) is 8.56. The summed E-state index contributed by atoms with van der Waals surface area (Å²) in [5, 5.41) is 0. The van der Waals surface area contributed by atoms with E-state index in [9.17, 15) is 0 Å². The highest BCUT2D eigenvalue weighted by Gasteiger charge is 2.16. The van der Waals surface area contributed by atoms with Crippen molar-refractivity contribution in [2.45, 2.75) is 0 Å². The van der Waals surface area contributed by atoms with Crippen LogP contribution in [0.25, 0.3) is 110 Å². The average molecular weight is 773 g/mol. The lowest BCUT2D eigenvalue weighted by Crippen LogP contribution is -2.00. The number of aromatic nitrogens is 6. The number of para-hydroxylation sites is 2. The molecule has 0 amide bonds. The van der Waals surface area contributed by atoms with Crippen LogP contribution in [0.3, 0.4) is 0 Å². The van der Waals surface area contributed by atoms with E-state index in [1.165, 1.54) is 5.56 Å². The average Bonchev–Trinajstić information content (AvgIpc) is 3.69. The van der Waals surface area contributed by atoms with Gasteiger partial charge in [-0.1, -0.05) is 164 Å². The number of hydrogen-bond donors (Lipinski definition) is 0. The third-order valence-corrected chi connectivity index (χ3v) is 11.7. The summed E-state index contributed by atoms with van der Waals surface area (Å²) in [4.78, 5) is 30.4. The monoisotopic (exact) mass is 772 g/mol. The Morgan fingerprint density at radius 1 is 0.305 bits per heavy atom. The van der Waals surface area contributed by atoms with Crippen LogP contribution in [0.2, 0.25) is 0 Å². The Morgan fingerprint density at radius 3 is 1.31 bits per heavy atom. The molecule has 0 radical (unpaired) electrons. The van der Waals surface area contributed by atoms with Gasteiger partial charge in [-0.3, -0.25) is 4.98 Å². The highest BCUT2D eigenvalue weighted by Crippen LogP contribution is 2.39. The van der Waals surface area contributed by atoms with Crippen LogP contribution in [0.15, 0.2) is 194 Å². The standard InChI is InChI=1S/C52H32N6S/c1-3-10-33(11-4-1)34-22-26-39(27-23-34)50-56-49(38-12-5-2-6-13-38)57-51(58-50)40-28-24-36(25-29-40)35-18-20-37(21-19-35)41-14-9-15-42(32-41)43-30-31-53-46-47-52(59-48(43)46)55-45-17-8-7-16-44(45)54-47/h1-32H. The van der Waals surface area contributed by atoms with Crippen LogP contribution in [0.5, 0.6) is 0 Å². The molecular weight excluding hydrogens is 741 g/mol. The van der Waals surface area contributed by atoms with Gasteiger partial charge in [0.05, 0.1) is 15.7 Å². The molecule has 11 aromatic rings. The summed E-state index contributed by atoms with van der Waals surface area (Å²) in [5.41, 5.74) is 15.4. The number of fused-ring (bicyclic) bond motifs is 4. The first-order chi connectivity index (χ1) is 29.2. The fraction of sp³-hybridized carbons (Fsp3) is 0. The summed E-state index contributed by atoms with van der Waals surface area (Å²) < 4.78 is 1.09. The molecule has 276 valence electrons. The molecule has 6 nitrogen and oxygen atoms in total. The molecule has 0 spiro atoms. The summed E-state index contributed by atoms with van der Waals surface area (Å²) >= 11 is 1.65. The smallest absolute Gasteiger partial charge is 0.164 e. The number of thiophene rings is 1. The first-order valence-electron chi connectivity index (χ1n) is 19.4. The van der Waals surface area contributed by atoms with Crippen LogP contribution in [0, 0.1) is 0 Å². The summed E-state index contributed by atoms with van der Waals surface area (Å²) in [7, 11) is 0. The lowest BCUT2D eigenvalue weighted by molar-refractivity contribution is 1.07. The number of benzene rings is 7. The van der Waals surface area contributed by atoms with Crippen LogP contribution in [0.4, 0.5) is 0 Å². The van der Waals surface area contributed by atoms with Gasteiger partial charge in [-0.05, 0) is 63.2 Å². The molecular formula is C52H32N6S. The highest BCUT2D eigenvalue weighted by atomic mass is 32.1. The van der Waals surface area contributed by atoms with Gasteiger partial charge in [0.15, 0.2) is 17.5 Å². The molecule has 7 heteroatoms. The summed E-state index contributed by atoms with van der Waals surface area (Å²) in [6.45, 7) is 0. The van der Waals surface area contributed by atoms with Crippen LogP contribution in [0.1, 0.15) is 0 Å². The second-order valence-corrected chi connectivity index (χ2v) is 15.4. The van der Waals surface area contributed by atoms with E-state index in [1.54, 1.807) is 11.3 Å². The zero-order valence-electron chi connectivity index (χ0n) is 31.6. The maximum Gasteiger partial charge on any atom is 0.164 e. The highest BCUT2D eigenvalue weighted by molar-refractivity contribution is 7.25. The molecule has 0 fully saturated rings. The van der Waals surface area contributed by atoms with Gasteiger partial charge in [0.2, 0.25) is 0 Å². The lowest BCUT2D eigenvalue weighted by atomic mass is 9.97. The van der Waals surface area contributed by atoms with E-state index in [0.29, 0.717) is 17.5 Å². The van der Waals surface area contributed by atoms with Gasteiger partial charge in [0.25, 0.3) is 0 Å². The molecule has 0 N–H and O–H groups in total. The Hall–Kier alpha value is -7.74. The third kappa shape index (κ3) is 6.59. The molecule has 4 aromatic heterocycles. The van der Waals surface area contributed by atoms with Crippen molar-refractivity contribution in [3.05, 3.63) is 194 Å². The van der Waals surface area contributed by atoms with Crippen molar-refractivity contribution in [2.75, 3.05) is 0 Å². The normalized spacial score (nSPS) is 11.4. The SMILES string of the molecule is c1ccc(-c2ccc(-c3nc(-c4ccccc4)nc(-c4ccc(-c5ccc(-c6cccc(-c7ccnc8c7sc7nc9ccccc9nc78)c6)cc5)cc4)n3)cc2)cc1. The van der Waals surface area contributed by atoms with Gasteiger partial charge >= 0.3 is 0 Å². The summed E-state index contributed by atoms with van der Waals surface area (Å²) in [5.74, 6) is 1.91. The van der Waals surface area contributed by atoms with E-state index in [4.69, 9.17) is 29.9 Å². The van der Waals surface area contributed by atoms with Gasteiger partial charge in [0, 0.05) is 28.5 Å². The summed E-state index contributed by atoms with van der Waals surface area (Å²) in [6.07, 6.45) is 1.88. The van der Waals surface area contributed by atoms with Crippen LogP contribution >= 0.6 is 11.3 Å². The van der Waals surface area contributed by atoms with Crippen molar-refractivity contribution in [1.29, 1.82) is 0 Å². The predicted octanol–water partition coefficient (Wildman–Crippen LogP) is 13.2. The van der Waals surface area contributed by atoms with Gasteiger partial charge in [0.1, 0.15) is 15.9 Å². The zero-order valence-corrected chi connectivity index (χ0v) is 32.4. The molecule has 0 aliphatic heterocycles. The Bertz CT molecular complexity index is 3290. The number of nitrogens with zero attached hydrogens (tertiary/aromatic N) is 6. The van der Waals surface area contributed by atoms with Crippen LogP contribution < -0.4 is 0 Å². The minimum atomic E-state index is 0.630. The molecule has 59 heavy (non-hydrogen) atoms. The van der Waals surface area contributed by atoms with E-state index in [1.807, 2.05) is 66.9 Å². The molecule has 4 heterocycles. The number of rotatable bonds is 7. The van der Waals surface area contributed by atoms with Gasteiger partial charge in [-0.25, -0.2) is 24.9 Å². The molecule has 0 unspecified atom stereocenters. The topological polar surface area (TPSA) is 77.3 Å². The van der Waals surface area contributed by atoms with Crippen molar-refractivity contribution in [1.82, 2.24) is 29.9 Å². The van der Waals surface area contributed by atoms with Gasteiger partial charge < -0.3 is 0 Å². The fourth-order valence-corrected chi connectivity index (χ4v) is 8.70. The van der Waals surface area contributed by atoms with Crippen molar-refractivity contribution < 1.29 is 0 Å². The van der Waals surface area contributed by atoms with Crippen molar-refractivity contribution in [2.24, 2.45) is 0 Å². The predicted molar refractivity (Wildman–Crippen MR) is 242 cm³/mol. The van der Waals surface area contributed by atoms with E-state index >= 15 is 0 Å². The minimum absolute atomic E-state index is 0.630. The largest absolute Gasteiger partial charge is 0.253 e.